The largest absolute Gasteiger partial charge is 0.358 e. The number of aromatic amines is 1. The molecule has 2 N–H and O–H groups in total. The van der Waals surface area contributed by atoms with E-state index in [0.717, 1.165) is 32.7 Å². The molecule has 0 spiro atoms. The summed E-state index contributed by atoms with van der Waals surface area (Å²) in [6.45, 7) is 10.1. The van der Waals surface area contributed by atoms with E-state index in [1.807, 2.05) is 0 Å². The van der Waals surface area contributed by atoms with Crippen LogP contribution in [0.2, 0.25) is 0 Å². The van der Waals surface area contributed by atoms with Gasteiger partial charge in [0.25, 0.3) is 0 Å². The molecule has 1 fully saturated rings. The Balaban J connectivity index is 1.80. The molecule has 1 aliphatic rings. The topological polar surface area (TPSA) is 31.1 Å². The summed E-state index contributed by atoms with van der Waals surface area (Å²) in [5, 5.41) is 4.74. The number of fused-ring (bicyclic) bond motifs is 1. The van der Waals surface area contributed by atoms with Crippen molar-refractivity contribution in [3.63, 3.8) is 0 Å². The molecule has 1 aliphatic heterocycles. The summed E-state index contributed by atoms with van der Waals surface area (Å²) in [7, 11) is 0. The monoisotopic (exact) mass is 257 g/mol. The second-order valence-corrected chi connectivity index (χ2v) is 5.83. The van der Waals surface area contributed by atoms with Crippen molar-refractivity contribution in [3.8, 4) is 0 Å². The van der Waals surface area contributed by atoms with E-state index in [9.17, 15) is 0 Å². The Kier molecular flexibility index (Phi) is 3.58. The minimum Gasteiger partial charge on any atom is -0.358 e. The number of hydrogen-bond acceptors (Lipinski definition) is 2. The number of nitrogens with zero attached hydrogens (tertiary/aromatic N) is 1. The number of benzene rings is 1. The Labute approximate surface area is 115 Å². The second-order valence-electron chi connectivity index (χ2n) is 5.83. The molecule has 3 nitrogen and oxygen atoms in total. The fraction of sp³-hybridized carbons (Fsp3) is 0.500. The lowest BCUT2D eigenvalue weighted by atomic mass is 10.1. The molecule has 0 bridgehead atoms. The number of piperazine rings is 1. The third-order valence-corrected chi connectivity index (χ3v) is 3.94. The summed E-state index contributed by atoms with van der Waals surface area (Å²) in [4.78, 5) is 6.02. The maximum absolute atomic E-state index is 3.50. The van der Waals surface area contributed by atoms with E-state index >= 15 is 0 Å². The zero-order valence-electron chi connectivity index (χ0n) is 11.9. The summed E-state index contributed by atoms with van der Waals surface area (Å²) >= 11 is 0. The van der Waals surface area contributed by atoms with Crippen LogP contribution in [-0.4, -0.2) is 36.1 Å². The number of H-pyrrole nitrogens is 1. The Bertz CT molecular complexity index is 550. The molecule has 2 aromatic rings. The van der Waals surface area contributed by atoms with E-state index in [2.05, 4.69) is 53.3 Å². The molecule has 1 saturated heterocycles. The van der Waals surface area contributed by atoms with Crippen molar-refractivity contribution in [2.75, 3.05) is 26.2 Å². The van der Waals surface area contributed by atoms with E-state index < -0.39 is 0 Å². The third kappa shape index (κ3) is 2.82. The fourth-order valence-corrected chi connectivity index (χ4v) is 2.74. The van der Waals surface area contributed by atoms with Gasteiger partial charge in [-0.25, -0.2) is 0 Å². The maximum atomic E-state index is 3.50. The van der Waals surface area contributed by atoms with E-state index in [1.54, 1.807) is 0 Å². The summed E-state index contributed by atoms with van der Waals surface area (Å²) in [5.41, 5.74) is 4.01. The van der Waals surface area contributed by atoms with Crippen molar-refractivity contribution >= 4 is 10.9 Å². The van der Waals surface area contributed by atoms with Gasteiger partial charge in [-0.2, -0.15) is 0 Å². The van der Waals surface area contributed by atoms with Crippen molar-refractivity contribution in [2.45, 2.75) is 26.3 Å². The normalized spacial score (nSPS) is 17.4. The van der Waals surface area contributed by atoms with Crippen molar-refractivity contribution < 1.29 is 0 Å². The van der Waals surface area contributed by atoms with Gasteiger partial charge in [0.2, 0.25) is 0 Å². The summed E-state index contributed by atoms with van der Waals surface area (Å²) < 4.78 is 0. The second kappa shape index (κ2) is 5.35. The van der Waals surface area contributed by atoms with Crippen molar-refractivity contribution in [2.24, 2.45) is 0 Å². The molecule has 19 heavy (non-hydrogen) atoms. The number of hydrogen-bond donors (Lipinski definition) is 2. The van der Waals surface area contributed by atoms with Gasteiger partial charge in [-0.15, -0.1) is 0 Å². The van der Waals surface area contributed by atoms with Crippen LogP contribution in [0.3, 0.4) is 0 Å². The lowest BCUT2D eigenvalue weighted by Gasteiger charge is -2.27. The molecule has 1 aromatic carbocycles. The molecule has 102 valence electrons. The minimum absolute atomic E-state index is 0.559. The standard InChI is InChI=1S/C16H23N3/c1-12(2)16-10-14-9-13(3-4-15(14)18-16)11-19-7-5-17-6-8-19/h3-4,9-10,12,17-18H,5-8,11H2,1-2H3. The average Bonchev–Trinajstić information content (AvgIpc) is 2.83. The predicted octanol–water partition coefficient (Wildman–Crippen LogP) is 2.70. The number of rotatable bonds is 3. The van der Waals surface area contributed by atoms with Crippen LogP contribution in [0.15, 0.2) is 24.3 Å². The van der Waals surface area contributed by atoms with Crippen LogP contribution in [0.1, 0.15) is 31.0 Å². The van der Waals surface area contributed by atoms with Crippen LogP contribution in [0.4, 0.5) is 0 Å². The first-order valence-electron chi connectivity index (χ1n) is 7.27. The number of nitrogens with one attached hydrogen (secondary N) is 2. The minimum atomic E-state index is 0.559. The van der Waals surface area contributed by atoms with Crippen LogP contribution in [-0.2, 0) is 6.54 Å². The lowest BCUT2D eigenvalue weighted by Crippen LogP contribution is -2.42. The maximum Gasteiger partial charge on any atom is 0.0456 e. The Hall–Kier alpha value is -1.32. The summed E-state index contributed by atoms with van der Waals surface area (Å²) in [5.74, 6) is 0.559. The molecular formula is C16H23N3. The molecule has 2 heterocycles. The Morgan fingerprint density at radius 1 is 1.16 bits per heavy atom. The Morgan fingerprint density at radius 2 is 1.95 bits per heavy atom. The van der Waals surface area contributed by atoms with E-state index in [-0.39, 0.29) is 0 Å². The molecule has 0 radical (unpaired) electrons. The molecule has 0 atom stereocenters. The Morgan fingerprint density at radius 3 is 2.68 bits per heavy atom. The molecule has 0 saturated carbocycles. The van der Waals surface area contributed by atoms with E-state index in [0.29, 0.717) is 5.92 Å². The average molecular weight is 257 g/mol. The first-order valence-corrected chi connectivity index (χ1v) is 7.27. The lowest BCUT2D eigenvalue weighted by molar-refractivity contribution is 0.233. The SMILES string of the molecule is CC(C)c1cc2cc(CN3CCNCC3)ccc2[nH]1. The van der Waals surface area contributed by atoms with Gasteiger partial charge in [-0.05, 0) is 35.1 Å². The van der Waals surface area contributed by atoms with Gasteiger partial charge in [0.15, 0.2) is 0 Å². The third-order valence-electron chi connectivity index (χ3n) is 3.94. The van der Waals surface area contributed by atoms with Crippen LogP contribution in [0, 0.1) is 0 Å². The predicted molar refractivity (Wildman–Crippen MR) is 80.5 cm³/mol. The molecule has 3 rings (SSSR count). The first-order chi connectivity index (χ1) is 9.22. The summed E-state index contributed by atoms with van der Waals surface area (Å²) in [6, 6.07) is 9.10. The van der Waals surface area contributed by atoms with Gasteiger partial charge in [0.1, 0.15) is 0 Å². The molecule has 0 amide bonds. The van der Waals surface area contributed by atoms with Crippen LogP contribution < -0.4 is 5.32 Å². The van der Waals surface area contributed by atoms with Crippen LogP contribution >= 0.6 is 0 Å². The van der Waals surface area contributed by atoms with Gasteiger partial charge >= 0.3 is 0 Å². The summed E-state index contributed by atoms with van der Waals surface area (Å²) in [6.07, 6.45) is 0. The zero-order chi connectivity index (χ0) is 13.2. The smallest absolute Gasteiger partial charge is 0.0456 e. The van der Waals surface area contributed by atoms with Gasteiger partial charge in [0, 0.05) is 43.9 Å². The van der Waals surface area contributed by atoms with Crippen molar-refractivity contribution in [3.05, 3.63) is 35.5 Å². The molecular weight excluding hydrogens is 234 g/mol. The highest BCUT2D eigenvalue weighted by atomic mass is 15.2. The van der Waals surface area contributed by atoms with Crippen LogP contribution in [0.5, 0.6) is 0 Å². The quantitative estimate of drug-likeness (QED) is 0.886. The van der Waals surface area contributed by atoms with E-state index in [4.69, 9.17) is 0 Å². The van der Waals surface area contributed by atoms with Crippen molar-refractivity contribution in [1.29, 1.82) is 0 Å². The highest BCUT2D eigenvalue weighted by molar-refractivity contribution is 5.81. The van der Waals surface area contributed by atoms with Gasteiger partial charge < -0.3 is 10.3 Å². The highest BCUT2D eigenvalue weighted by Crippen LogP contribution is 2.22. The van der Waals surface area contributed by atoms with E-state index in [1.165, 1.54) is 22.2 Å². The fourth-order valence-electron chi connectivity index (χ4n) is 2.74. The zero-order valence-corrected chi connectivity index (χ0v) is 11.9. The molecule has 0 aliphatic carbocycles. The molecule has 0 unspecified atom stereocenters. The van der Waals surface area contributed by atoms with Crippen LogP contribution in [0.25, 0.3) is 10.9 Å². The molecule has 1 aromatic heterocycles. The van der Waals surface area contributed by atoms with Gasteiger partial charge in [-0.1, -0.05) is 19.9 Å². The van der Waals surface area contributed by atoms with Crippen molar-refractivity contribution in [1.82, 2.24) is 15.2 Å². The van der Waals surface area contributed by atoms with Gasteiger partial charge in [0.05, 0.1) is 0 Å². The molecule has 3 heteroatoms. The first kappa shape index (κ1) is 12.7. The highest BCUT2D eigenvalue weighted by Gasteiger charge is 2.11. The van der Waals surface area contributed by atoms with Gasteiger partial charge in [-0.3, -0.25) is 4.90 Å². The number of aromatic nitrogens is 1.